The molecule has 1 aliphatic rings. The van der Waals surface area contributed by atoms with Crippen molar-refractivity contribution >= 4 is 11.6 Å². The van der Waals surface area contributed by atoms with Gasteiger partial charge in [0.2, 0.25) is 0 Å². The Bertz CT molecular complexity index is 770. The zero-order valence-electron chi connectivity index (χ0n) is 16.6. The molecule has 0 bridgehead atoms. The quantitative estimate of drug-likeness (QED) is 0.837. The van der Waals surface area contributed by atoms with E-state index >= 15 is 0 Å². The predicted octanol–water partition coefficient (Wildman–Crippen LogP) is 1.37. The summed E-state index contributed by atoms with van der Waals surface area (Å²) in [5.74, 6) is 1.02. The van der Waals surface area contributed by atoms with Crippen molar-refractivity contribution in [3.8, 4) is 5.75 Å². The molecule has 1 aliphatic heterocycles. The summed E-state index contributed by atoms with van der Waals surface area (Å²) in [5.41, 5.74) is 3.72. The third kappa shape index (κ3) is 5.01. The molecule has 0 radical (unpaired) electrons. The summed E-state index contributed by atoms with van der Waals surface area (Å²) in [7, 11) is 3.54. The van der Waals surface area contributed by atoms with Gasteiger partial charge >= 0.3 is 0 Å². The molecule has 2 aromatic rings. The summed E-state index contributed by atoms with van der Waals surface area (Å²) >= 11 is 0. The van der Waals surface area contributed by atoms with Crippen LogP contribution in [0.4, 0.5) is 5.69 Å². The number of rotatable bonds is 6. The molecule has 1 N–H and O–H groups in total. The highest BCUT2D eigenvalue weighted by molar-refractivity contribution is 5.76. The number of piperazine rings is 1. The molecular formula is C22H30N3O2+. The summed E-state index contributed by atoms with van der Waals surface area (Å²) in [6.45, 7) is 7.30. The van der Waals surface area contributed by atoms with Crippen molar-refractivity contribution in [1.82, 2.24) is 4.90 Å². The van der Waals surface area contributed by atoms with Crippen LogP contribution in [0.3, 0.4) is 0 Å². The first kappa shape index (κ1) is 19.2. The molecule has 0 aromatic heterocycles. The van der Waals surface area contributed by atoms with Gasteiger partial charge in [0, 0.05) is 19.3 Å². The number of nitrogens with one attached hydrogen (secondary N) is 1. The molecule has 1 heterocycles. The second kappa shape index (κ2) is 8.91. The van der Waals surface area contributed by atoms with Gasteiger partial charge < -0.3 is 19.4 Å². The fourth-order valence-corrected chi connectivity index (χ4v) is 3.64. The second-order valence-corrected chi connectivity index (χ2v) is 7.30. The number of amides is 1. The molecule has 0 spiro atoms. The summed E-state index contributed by atoms with van der Waals surface area (Å²) in [6, 6.07) is 16.4. The highest BCUT2D eigenvalue weighted by atomic mass is 16.5. The van der Waals surface area contributed by atoms with Crippen molar-refractivity contribution in [2.24, 2.45) is 0 Å². The average molecular weight is 369 g/mol. The maximum atomic E-state index is 12.6. The highest BCUT2D eigenvalue weighted by Crippen LogP contribution is 2.19. The SMILES string of the molecule is COc1cccc(CN(C)C(=O)C[NH+]2CCN(c3ccccc3C)CC2)c1. The zero-order valence-corrected chi connectivity index (χ0v) is 16.6. The molecule has 0 atom stereocenters. The van der Waals surface area contributed by atoms with E-state index < -0.39 is 0 Å². The lowest BCUT2D eigenvalue weighted by Gasteiger charge is -2.34. The Labute approximate surface area is 162 Å². The first-order valence-corrected chi connectivity index (χ1v) is 9.58. The van der Waals surface area contributed by atoms with Gasteiger partial charge in [0.1, 0.15) is 5.75 Å². The fraction of sp³-hybridized carbons (Fsp3) is 0.409. The fourth-order valence-electron chi connectivity index (χ4n) is 3.64. The standard InChI is InChI=1S/C22H29N3O2/c1-18-7-4-5-10-21(18)25-13-11-24(12-14-25)17-22(26)23(2)16-19-8-6-9-20(15-19)27-3/h4-10,15H,11-14,16-17H2,1-3H3/p+1. The Hall–Kier alpha value is -2.53. The van der Waals surface area contributed by atoms with E-state index in [1.165, 1.54) is 16.2 Å². The number of aryl methyl sites for hydroxylation is 1. The Morgan fingerprint density at radius 3 is 2.59 bits per heavy atom. The summed E-state index contributed by atoms with van der Waals surface area (Å²) < 4.78 is 5.26. The summed E-state index contributed by atoms with van der Waals surface area (Å²) in [4.78, 5) is 18.2. The molecule has 0 aliphatic carbocycles. The van der Waals surface area contributed by atoms with Crippen molar-refractivity contribution in [3.05, 3.63) is 59.7 Å². The van der Waals surface area contributed by atoms with Crippen molar-refractivity contribution < 1.29 is 14.4 Å². The van der Waals surface area contributed by atoms with E-state index in [9.17, 15) is 4.79 Å². The van der Waals surface area contributed by atoms with E-state index in [0.717, 1.165) is 37.5 Å². The van der Waals surface area contributed by atoms with Crippen LogP contribution in [0, 0.1) is 6.92 Å². The van der Waals surface area contributed by atoms with Crippen molar-refractivity contribution in [2.75, 3.05) is 51.8 Å². The van der Waals surface area contributed by atoms with Crippen molar-refractivity contribution in [3.63, 3.8) is 0 Å². The highest BCUT2D eigenvalue weighted by Gasteiger charge is 2.24. The number of nitrogens with zero attached hydrogens (tertiary/aromatic N) is 2. The maximum Gasteiger partial charge on any atom is 0.277 e. The van der Waals surface area contributed by atoms with Crippen LogP contribution < -0.4 is 14.5 Å². The lowest BCUT2D eigenvalue weighted by atomic mass is 10.1. The number of hydrogen-bond acceptors (Lipinski definition) is 3. The van der Waals surface area contributed by atoms with Crippen LogP contribution >= 0.6 is 0 Å². The van der Waals surface area contributed by atoms with Gasteiger partial charge in [0.15, 0.2) is 6.54 Å². The van der Waals surface area contributed by atoms with Gasteiger partial charge in [-0.2, -0.15) is 0 Å². The lowest BCUT2D eigenvalue weighted by molar-refractivity contribution is -0.892. The zero-order chi connectivity index (χ0) is 19.2. The molecule has 1 amide bonds. The molecule has 1 saturated heterocycles. The smallest absolute Gasteiger partial charge is 0.277 e. The van der Waals surface area contributed by atoms with Gasteiger partial charge in [-0.1, -0.05) is 30.3 Å². The maximum absolute atomic E-state index is 12.6. The van der Waals surface area contributed by atoms with E-state index in [-0.39, 0.29) is 5.91 Å². The van der Waals surface area contributed by atoms with Crippen LogP contribution in [0.1, 0.15) is 11.1 Å². The molecular weight excluding hydrogens is 338 g/mol. The topological polar surface area (TPSA) is 37.2 Å². The van der Waals surface area contributed by atoms with Crippen LogP contribution in [0.15, 0.2) is 48.5 Å². The van der Waals surface area contributed by atoms with Crippen LogP contribution in [0.2, 0.25) is 0 Å². The number of ether oxygens (including phenoxy) is 1. The molecule has 27 heavy (non-hydrogen) atoms. The van der Waals surface area contributed by atoms with E-state index in [1.807, 2.05) is 36.2 Å². The minimum absolute atomic E-state index is 0.192. The number of carbonyl (C=O) groups excluding carboxylic acids is 1. The number of hydrogen-bond donors (Lipinski definition) is 1. The van der Waals surface area contributed by atoms with Crippen LogP contribution in [0.5, 0.6) is 5.75 Å². The molecule has 5 nitrogen and oxygen atoms in total. The van der Waals surface area contributed by atoms with Crippen LogP contribution in [0.25, 0.3) is 0 Å². The number of quaternary nitrogens is 1. The van der Waals surface area contributed by atoms with Gasteiger partial charge in [-0.25, -0.2) is 0 Å². The molecule has 5 heteroatoms. The minimum Gasteiger partial charge on any atom is -0.497 e. The van der Waals surface area contributed by atoms with Gasteiger partial charge in [-0.3, -0.25) is 4.79 Å². The third-order valence-electron chi connectivity index (χ3n) is 5.31. The van der Waals surface area contributed by atoms with Gasteiger partial charge in [-0.05, 0) is 36.2 Å². The molecule has 1 fully saturated rings. The number of anilines is 1. The van der Waals surface area contributed by atoms with Crippen LogP contribution in [-0.4, -0.2) is 57.7 Å². The molecule has 0 saturated carbocycles. The number of methoxy groups -OCH3 is 1. The number of carbonyl (C=O) groups is 1. The minimum atomic E-state index is 0.192. The Morgan fingerprint density at radius 1 is 1.15 bits per heavy atom. The van der Waals surface area contributed by atoms with Gasteiger partial charge in [-0.15, -0.1) is 0 Å². The van der Waals surface area contributed by atoms with E-state index in [1.54, 1.807) is 7.11 Å². The Morgan fingerprint density at radius 2 is 1.89 bits per heavy atom. The normalized spacial score (nSPS) is 14.9. The average Bonchev–Trinajstić information content (AvgIpc) is 2.69. The van der Waals surface area contributed by atoms with Crippen molar-refractivity contribution in [1.29, 1.82) is 0 Å². The van der Waals surface area contributed by atoms with Crippen molar-refractivity contribution in [2.45, 2.75) is 13.5 Å². The number of likely N-dealkylation sites (N-methyl/N-ethyl adjacent to an activating group) is 1. The van der Waals surface area contributed by atoms with Gasteiger partial charge in [0.05, 0.1) is 33.3 Å². The van der Waals surface area contributed by atoms with Crippen LogP contribution in [-0.2, 0) is 11.3 Å². The number of benzene rings is 2. The van der Waals surface area contributed by atoms with Gasteiger partial charge in [0.25, 0.3) is 5.91 Å². The lowest BCUT2D eigenvalue weighted by Crippen LogP contribution is -3.15. The molecule has 3 rings (SSSR count). The number of para-hydroxylation sites is 1. The third-order valence-corrected chi connectivity index (χ3v) is 5.31. The largest absolute Gasteiger partial charge is 0.497 e. The second-order valence-electron chi connectivity index (χ2n) is 7.30. The molecule has 0 unspecified atom stereocenters. The van der Waals surface area contributed by atoms with E-state index in [4.69, 9.17) is 4.74 Å². The van der Waals surface area contributed by atoms with E-state index in [0.29, 0.717) is 13.1 Å². The summed E-state index contributed by atoms with van der Waals surface area (Å²) in [6.07, 6.45) is 0. The monoisotopic (exact) mass is 368 g/mol. The first-order chi connectivity index (χ1) is 13.1. The Kier molecular flexibility index (Phi) is 6.35. The summed E-state index contributed by atoms with van der Waals surface area (Å²) in [5, 5.41) is 0. The Balaban J connectivity index is 1.49. The predicted molar refractivity (Wildman–Crippen MR) is 108 cm³/mol. The molecule has 144 valence electrons. The van der Waals surface area contributed by atoms with E-state index in [2.05, 4.69) is 36.1 Å². The first-order valence-electron chi connectivity index (χ1n) is 9.58. The molecule has 2 aromatic carbocycles.